The first-order valence-electron chi connectivity index (χ1n) is 13.2. The smallest absolute Gasteiger partial charge is 0.0858 e. The lowest BCUT2D eigenvalue weighted by Crippen LogP contribution is -2.40. The van der Waals surface area contributed by atoms with Crippen molar-refractivity contribution in [1.82, 2.24) is 4.90 Å². The molecule has 0 aliphatic carbocycles. The standard InChI is InChI=1S/C30H35N5O2/c1-22-6-7-26(25-5-3-4-24(16-25)23(2)18-31)17-29(22)35-21-27(19-33-35)28-20-32-9-8-30(28)37-15-12-34-10-13-36-14-11-34/h3-9,16-17,19-20,23,27-28,30H,10-15,21H2,1-2H3. The number of hydrazone groups is 1. The summed E-state index contributed by atoms with van der Waals surface area (Å²) in [7, 11) is 0. The van der Waals surface area contributed by atoms with E-state index in [9.17, 15) is 5.26 Å². The molecule has 3 aliphatic rings. The predicted octanol–water partition coefficient (Wildman–Crippen LogP) is 4.64. The number of aryl methyl sites for hydroxylation is 1. The molecule has 3 heterocycles. The number of anilines is 1. The fourth-order valence-electron chi connectivity index (χ4n) is 5.13. The fraction of sp³-hybridized carbons (Fsp3) is 0.433. The Morgan fingerprint density at radius 2 is 1.97 bits per heavy atom. The van der Waals surface area contributed by atoms with Crippen LogP contribution in [0.15, 0.2) is 64.8 Å². The van der Waals surface area contributed by atoms with E-state index in [0.29, 0.717) is 6.61 Å². The minimum Gasteiger partial charge on any atom is -0.379 e. The van der Waals surface area contributed by atoms with Crippen LogP contribution in [0.3, 0.4) is 0 Å². The van der Waals surface area contributed by atoms with E-state index in [2.05, 4.69) is 70.5 Å². The van der Waals surface area contributed by atoms with Crippen LogP contribution in [0.5, 0.6) is 0 Å². The molecule has 0 spiro atoms. The molecule has 1 saturated heterocycles. The van der Waals surface area contributed by atoms with Gasteiger partial charge in [-0.25, -0.2) is 0 Å². The van der Waals surface area contributed by atoms with Gasteiger partial charge in [-0.1, -0.05) is 30.3 Å². The lowest BCUT2D eigenvalue weighted by molar-refractivity contribution is 0.00350. The molecule has 0 bridgehead atoms. The van der Waals surface area contributed by atoms with Crippen molar-refractivity contribution in [1.29, 1.82) is 5.26 Å². The molecule has 0 N–H and O–H groups in total. The second kappa shape index (κ2) is 11.8. The van der Waals surface area contributed by atoms with Crippen molar-refractivity contribution in [3.8, 4) is 17.2 Å². The SMILES string of the molecule is Cc1ccc(-c2cccc(C(C)C#N)c2)cc1N1CC(C2C=NC=CC2OCCN2CCOCC2)C=N1. The van der Waals surface area contributed by atoms with E-state index in [1.54, 1.807) is 0 Å². The first-order chi connectivity index (χ1) is 18.1. The van der Waals surface area contributed by atoms with Crippen LogP contribution in [0.25, 0.3) is 11.1 Å². The normalized spacial score (nSPS) is 24.4. The maximum absolute atomic E-state index is 9.33. The highest BCUT2D eigenvalue weighted by molar-refractivity contribution is 5.78. The van der Waals surface area contributed by atoms with Crippen LogP contribution in [0.1, 0.15) is 24.0 Å². The van der Waals surface area contributed by atoms with E-state index in [-0.39, 0.29) is 23.9 Å². The van der Waals surface area contributed by atoms with Crippen molar-refractivity contribution in [2.45, 2.75) is 25.9 Å². The molecule has 0 radical (unpaired) electrons. The van der Waals surface area contributed by atoms with Crippen molar-refractivity contribution >= 4 is 18.1 Å². The molecule has 3 aliphatic heterocycles. The summed E-state index contributed by atoms with van der Waals surface area (Å²) < 4.78 is 11.8. The van der Waals surface area contributed by atoms with Crippen molar-refractivity contribution in [2.75, 3.05) is 51.0 Å². The summed E-state index contributed by atoms with van der Waals surface area (Å²) in [5.74, 6) is 0.227. The second-order valence-electron chi connectivity index (χ2n) is 9.99. The summed E-state index contributed by atoms with van der Waals surface area (Å²) in [5, 5.41) is 16.2. The fourth-order valence-corrected chi connectivity index (χ4v) is 5.13. The molecule has 2 aromatic carbocycles. The zero-order valence-corrected chi connectivity index (χ0v) is 21.7. The summed E-state index contributed by atoms with van der Waals surface area (Å²) in [6, 6.07) is 17.1. The number of nitrogens with zero attached hydrogens (tertiary/aromatic N) is 5. The Hall–Kier alpha value is -3.31. The van der Waals surface area contributed by atoms with Gasteiger partial charge in [-0.3, -0.25) is 14.9 Å². The molecule has 0 amide bonds. The first-order valence-corrected chi connectivity index (χ1v) is 13.2. The molecule has 4 unspecified atom stereocenters. The van der Waals surface area contributed by atoms with Gasteiger partial charge in [-0.15, -0.1) is 0 Å². The number of ether oxygens (including phenoxy) is 2. The largest absolute Gasteiger partial charge is 0.379 e. The Balaban J connectivity index is 1.25. The van der Waals surface area contributed by atoms with Gasteiger partial charge < -0.3 is 9.47 Å². The lowest BCUT2D eigenvalue weighted by atomic mass is 9.88. The molecular formula is C30H35N5O2. The molecule has 0 aromatic heterocycles. The third kappa shape index (κ3) is 5.99. The van der Waals surface area contributed by atoms with Crippen LogP contribution in [-0.4, -0.2) is 69.4 Å². The maximum atomic E-state index is 9.33. The van der Waals surface area contributed by atoms with Crippen molar-refractivity contribution in [3.05, 3.63) is 65.9 Å². The molecule has 1 fully saturated rings. The molecule has 37 heavy (non-hydrogen) atoms. The second-order valence-corrected chi connectivity index (χ2v) is 9.99. The van der Waals surface area contributed by atoms with E-state index in [1.807, 2.05) is 31.5 Å². The van der Waals surface area contributed by atoms with E-state index >= 15 is 0 Å². The Morgan fingerprint density at radius 3 is 2.81 bits per heavy atom. The lowest BCUT2D eigenvalue weighted by Gasteiger charge is -2.30. The summed E-state index contributed by atoms with van der Waals surface area (Å²) in [6.07, 6.45) is 7.98. The van der Waals surface area contributed by atoms with Crippen LogP contribution in [0.4, 0.5) is 5.69 Å². The van der Waals surface area contributed by atoms with Crippen LogP contribution in [-0.2, 0) is 9.47 Å². The number of morpholine rings is 1. The number of hydrogen-bond donors (Lipinski definition) is 0. The first kappa shape index (κ1) is 25.3. The molecule has 5 rings (SSSR count). The average Bonchev–Trinajstić information content (AvgIpc) is 3.44. The molecule has 7 nitrogen and oxygen atoms in total. The topological polar surface area (TPSA) is 73.5 Å². The minimum atomic E-state index is -0.135. The molecule has 192 valence electrons. The zero-order valence-electron chi connectivity index (χ0n) is 21.7. The minimum absolute atomic E-state index is 0.00719. The number of rotatable bonds is 8. The third-order valence-corrected chi connectivity index (χ3v) is 7.50. The Labute approximate surface area is 219 Å². The zero-order chi connectivity index (χ0) is 25.6. The number of aliphatic imine (C=N–C) groups is 1. The Kier molecular flexibility index (Phi) is 8.10. The molecule has 2 aromatic rings. The highest BCUT2D eigenvalue weighted by Crippen LogP contribution is 2.33. The quantitative estimate of drug-likeness (QED) is 0.531. The van der Waals surface area contributed by atoms with Gasteiger partial charge in [0.25, 0.3) is 0 Å². The summed E-state index contributed by atoms with van der Waals surface area (Å²) in [4.78, 5) is 6.83. The van der Waals surface area contributed by atoms with Gasteiger partial charge in [-0.2, -0.15) is 10.4 Å². The molecule has 7 heteroatoms. The summed E-state index contributed by atoms with van der Waals surface area (Å²) in [6.45, 7) is 10.00. The van der Waals surface area contributed by atoms with Gasteiger partial charge in [0.05, 0.1) is 50.1 Å². The van der Waals surface area contributed by atoms with Gasteiger partial charge in [-0.05, 0) is 54.3 Å². The van der Waals surface area contributed by atoms with E-state index in [4.69, 9.17) is 14.6 Å². The van der Waals surface area contributed by atoms with Crippen LogP contribution in [0, 0.1) is 30.1 Å². The Morgan fingerprint density at radius 1 is 1.14 bits per heavy atom. The van der Waals surface area contributed by atoms with Gasteiger partial charge in [0.1, 0.15) is 0 Å². The average molecular weight is 498 g/mol. The van der Waals surface area contributed by atoms with Crippen LogP contribution in [0.2, 0.25) is 0 Å². The van der Waals surface area contributed by atoms with E-state index < -0.39 is 0 Å². The molecule has 0 saturated carbocycles. The Bertz CT molecular complexity index is 1210. The predicted molar refractivity (Wildman–Crippen MR) is 148 cm³/mol. The monoisotopic (exact) mass is 497 g/mol. The van der Waals surface area contributed by atoms with Gasteiger partial charge in [0, 0.05) is 50.1 Å². The highest BCUT2D eigenvalue weighted by Gasteiger charge is 2.33. The van der Waals surface area contributed by atoms with Crippen molar-refractivity contribution < 1.29 is 9.47 Å². The third-order valence-electron chi connectivity index (χ3n) is 7.50. The van der Waals surface area contributed by atoms with Gasteiger partial charge in [0.2, 0.25) is 0 Å². The van der Waals surface area contributed by atoms with Crippen LogP contribution >= 0.6 is 0 Å². The van der Waals surface area contributed by atoms with Crippen LogP contribution < -0.4 is 5.01 Å². The molecular weight excluding hydrogens is 462 g/mol. The number of hydrogen-bond acceptors (Lipinski definition) is 7. The van der Waals surface area contributed by atoms with E-state index in [1.165, 1.54) is 5.56 Å². The number of benzene rings is 2. The number of nitriles is 1. The highest BCUT2D eigenvalue weighted by atomic mass is 16.5. The van der Waals surface area contributed by atoms with E-state index in [0.717, 1.165) is 61.8 Å². The maximum Gasteiger partial charge on any atom is 0.0858 e. The summed E-state index contributed by atoms with van der Waals surface area (Å²) >= 11 is 0. The van der Waals surface area contributed by atoms with Gasteiger partial charge >= 0.3 is 0 Å². The van der Waals surface area contributed by atoms with Gasteiger partial charge in [0.15, 0.2) is 0 Å². The van der Waals surface area contributed by atoms with Crippen molar-refractivity contribution in [2.24, 2.45) is 21.9 Å². The van der Waals surface area contributed by atoms with Crippen molar-refractivity contribution in [3.63, 3.8) is 0 Å². The molecule has 4 atom stereocenters. The summed E-state index contributed by atoms with van der Waals surface area (Å²) in [5.41, 5.74) is 5.55.